The molecule has 1 aliphatic heterocycles. The van der Waals surface area contributed by atoms with Crippen LogP contribution >= 0.6 is 11.3 Å². The van der Waals surface area contributed by atoms with Crippen LogP contribution in [0.15, 0.2) is 35.4 Å². The lowest BCUT2D eigenvalue weighted by molar-refractivity contribution is -0.139. The number of fused-ring (bicyclic) bond motifs is 3. The molecule has 0 saturated heterocycles. The van der Waals surface area contributed by atoms with Crippen molar-refractivity contribution in [3.8, 4) is 10.4 Å². The van der Waals surface area contributed by atoms with Gasteiger partial charge >= 0.3 is 0 Å². The lowest BCUT2D eigenvalue weighted by atomic mass is 9.72. The lowest BCUT2D eigenvalue weighted by Crippen LogP contribution is -2.48. The first-order chi connectivity index (χ1) is 11.8. The summed E-state index contributed by atoms with van der Waals surface area (Å²) in [4.78, 5) is 20.7. The minimum atomic E-state index is -1.23. The van der Waals surface area contributed by atoms with Crippen molar-refractivity contribution < 1.29 is 9.84 Å². The van der Waals surface area contributed by atoms with E-state index in [1.165, 1.54) is 11.3 Å². The normalized spacial score (nSPS) is 20.6. The average Bonchev–Trinajstić information content (AvgIpc) is 3.02. The summed E-state index contributed by atoms with van der Waals surface area (Å²) in [6, 6.07) is 5.86. The van der Waals surface area contributed by atoms with Crippen LogP contribution in [0.5, 0.6) is 0 Å². The number of aromatic amines is 1. The van der Waals surface area contributed by atoms with Crippen molar-refractivity contribution in [3.05, 3.63) is 52.2 Å². The third-order valence-corrected chi connectivity index (χ3v) is 6.16. The van der Waals surface area contributed by atoms with E-state index in [2.05, 4.69) is 9.97 Å². The molecule has 5 nitrogen and oxygen atoms in total. The van der Waals surface area contributed by atoms with Crippen LogP contribution in [0, 0.1) is 5.41 Å². The molecule has 2 N–H and O–H groups in total. The first kappa shape index (κ1) is 16.4. The minimum absolute atomic E-state index is 0.163. The van der Waals surface area contributed by atoms with Crippen LogP contribution < -0.4 is 5.56 Å². The number of nitrogens with zero attached hydrogens (tertiary/aromatic N) is 1. The molecule has 0 radical (unpaired) electrons. The summed E-state index contributed by atoms with van der Waals surface area (Å²) < 4.78 is 6.38. The molecule has 1 atom stereocenters. The number of aliphatic hydroxyl groups is 1. The zero-order valence-electron chi connectivity index (χ0n) is 14.4. The predicted octanol–water partition coefficient (Wildman–Crippen LogP) is 3.42. The number of rotatable bonds is 1. The molecule has 0 saturated carbocycles. The van der Waals surface area contributed by atoms with Gasteiger partial charge in [-0.15, -0.1) is 11.3 Å². The van der Waals surface area contributed by atoms with Gasteiger partial charge in [-0.1, -0.05) is 20.8 Å². The first-order valence-electron chi connectivity index (χ1n) is 8.21. The van der Waals surface area contributed by atoms with Gasteiger partial charge in [0.2, 0.25) is 0 Å². The van der Waals surface area contributed by atoms with Crippen LogP contribution in [0.2, 0.25) is 0 Å². The molecule has 0 aromatic carbocycles. The Morgan fingerprint density at radius 1 is 1.32 bits per heavy atom. The van der Waals surface area contributed by atoms with Gasteiger partial charge in [-0.05, 0) is 29.2 Å². The quantitative estimate of drug-likeness (QED) is 0.701. The predicted molar refractivity (Wildman–Crippen MR) is 98.7 cm³/mol. The van der Waals surface area contributed by atoms with E-state index in [0.29, 0.717) is 17.0 Å². The molecule has 4 rings (SSSR count). The molecule has 0 unspecified atom stereocenters. The van der Waals surface area contributed by atoms with E-state index in [1.807, 2.05) is 39.0 Å². The van der Waals surface area contributed by atoms with Crippen molar-refractivity contribution in [2.24, 2.45) is 5.41 Å². The standard InChI is InChI=1S/C19H20N2O3S/c1-18(2,3)19(23)10-24-9-13-12-8-14(11-4-6-20-7-5-11)25-15(12)17(22)21-16(13)19/h4-8,23H,9-10H2,1-3H3,(H,21,22)/t19-/m0/s1. The number of hydrogen-bond acceptors (Lipinski definition) is 5. The van der Waals surface area contributed by atoms with Crippen molar-refractivity contribution in [3.63, 3.8) is 0 Å². The Bertz CT molecular complexity index is 1000. The molecule has 130 valence electrons. The summed E-state index contributed by atoms with van der Waals surface area (Å²) in [6.45, 7) is 6.40. The van der Waals surface area contributed by atoms with E-state index in [1.54, 1.807) is 12.4 Å². The molecule has 3 aromatic rings. The summed E-state index contributed by atoms with van der Waals surface area (Å²) in [5, 5.41) is 12.1. The number of nitrogens with one attached hydrogen (secondary N) is 1. The van der Waals surface area contributed by atoms with Crippen molar-refractivity contribution in [2.75, 3.05) is 6.61 Å². The van der Waals surface area contributed by atoms with E-state index in [9.17, 15) is 9.90 Å². The second-order valence-electron chi connectivity index (χ2n) is 7.50. The molecule has 0 spiro atoms. The second-order valence-corrected chi connectivity index (χ2v) is 8.55. The Morgan fingerprint density at radius 2 is 2.04 bits per heavy atom. The lowest BCUT2D eigenvalue weighted by Gasteiger charge is -2.43. The Labute approximate surface area is 149 Å². The largest absolute Gasteiger partial charge is 0.381 e. The molecular formula is C19H20N2O3S. The number of hydrogen-bond donors (Lipinski definition) is 2. The Hall–Kier alpha value is -2.02. The van der Waals surface area contributed by atoms with E-state index in [4.69, 9.17) is 4.74 Å². The van der Waals surface area contributed by atoms with E-state index >= 15 is 0 Å². The molecule has 6 heteroatoms. The topological polar surface area (TPSA) is 75.2 Å². The van der Waals surface area contributed by atoms with Crippen molar-refractivity contribution in [2.45, 2.75) is 33.0 Å². The number of ether oxygens (including phenoxy) is 1. The molecule has 3 aromatic heterocycles. The summed E-state index contributed by atoms with van der Waals surface area (Å²) in [5.41, 5.74) is 0.614. The monoisotopic (exact) mass is 356 g/mol. The third kappa shape index (κ3) is 2.44. The molecular weight excluding hydrogens is 336 g/mol. The molecule has 4 heterocycles. The van der Waals surface area contributed by atoms with Gasteiger partial charge in [0.15, 0.2) is 0 Å². The van der Waals surface area contributed by atoms with Crippen LogP contribution in [0.4, 0.5) is 0 Å². The maximum Gasteiger partial charge on any atom is 0.266 e. The van der Waals surface area contributed by atoms with Gasteiger partial charge in [0.1, 0.15) is 10.3 Å². The van der Waals surface area contributed by atoms with E-state index in [-0.39, 0.29) is 12.2 Å². The summed E-state index contributed by atoms with van der Waals surface area (Å²) in [7, 11) is 0. The molecule has 0 aliphatic carbocycles. The molecule has 25 heavy (non-hydrogen) atoms. The number of thiophene rings is 1. The van der Waals surface area contributed by atoms with Gasteiger partial charge in [0.25, 0.3) is 5.56 Å². The number of H-pyrrole nitrogens is 1. The van der Waals surface area contributed by atoms with Crippen LogP contribution in [-0.2, 0) is 16.9 Å². The Balaban J connectivity index is 2.00. The highest BCUT2D eigenvalue weighted by Gasteiger charge is 2.47. The van der Waals surface area contributed by atoms with Crippen LogP contribution in [-0.4, -0.2) is 21.7 Å². The third-order valence-electron chi connectivity index (χ3n) is 4.98. The Morgan fingerprint density at radius 3 is 2.72 bits per heavy atom. The van der Waals surface area contributed by atoms with Crippen LogP contribution in [0.1, 0.15) is 32.0 Å². The van der Waals surface area contributed by atoms with Crippen LogP contribution in [0.3, 0.4) is 0 Å². The summed E-state index contributed by atoms with van der Waals surface area (Å²) in [5.74, 6) is 0. The fourth-order valence-electron chi connectivity index (χ4n) is 3.29. The second kappa shape index (κ2) is 5.49. The van der Waals surface area contributed by atoms with Gasteiger partial charge in [-0.3, -0.25) is 9.78 Å². The van der Waals surface area contributed by atoms with Gasteiger partial charge in [-0.25, -0.2) is 0 Å². The maximum atomic E-state index is 12.7. The molecule has 0 fully saturated rings. The minimum Gasteiger partial charge on any atom is -0.381 e. The molecule has 0 amide bonds. The number of aromatic nitrogens is 2. The van der Waals surface area contributed by atoms with E-state index in [0.717, 1.165) is 21.4 Å². The fraction of sp³-hybridized carbons (Fsp3) is 0.368. The fourth-order valence-corrected chi connectivity index (χ4v) is 4.38. The zero-order valence-corrected chi connectivity index (χ0v) is 15.2. The SMILES string of the molecule is CC(C)(C)[C@]1(O)COCc2c1[nH]c(=O)c1sc(-c3ccncc3)cc21. The van der Waals surface area contributed by atoms with Gasteiger partial charge in [0.05, 0.1) is 18.9 Å². The van der Waals surface area contributed by atoms with Crippen LogP contribution in [0.25, 0.3) is 20.5 Å². The molecule has 0 bridgehead atoms. The van der Waals surface area contributed by atoms with Crippen molar-refractivity contribution in [1.29, 1.82) is 0 Å². The highest BCUT2D eigenvalue weighted by molar-refractivity contribution is 7.22. The van der Waals surface area contributed by atoms with Gasteiger partial charge < -0.3 is 14.8 Å². The van der Waals surface area contributed by atoms with Crippen molar-refractivity contribution >= 4 is 21.4 Å². The first-order valence-corrected chi connectivity index (χ1v) is 9.02. The summed E-state index contributed by atoms with van der Waals surface area (Å²) >= 11 is 1.45. The van der Waals surface area contributed by atoms with Gasteiger partial charge in [0, 0.05) is 28.2 Å². The molecule has 1 aliphatic rings. The Kier molecular flexibility index (Phi) is 3.61. The maximum absolute atomic E-state index is 12.7. The number of pyridine rings is 2. The highest BCUT2D eigenvalue weighted by atomic mass is 32.1. The summed E-state index contributed by atoms with van der Waals surface area (Å²) in [6.07, 6.45) is 3.47. The smallest absolute Gasteiger partial charge is 0.266 e. The zero-order chi connectivity index (χ0) is 17.8. The van der Waals surface area contributed by atoms with Gasteiger partial charge in [-0.2, -0.15) is 0 Å². The highest BCUT2D eigenvalue weighted by Crippen LogP contribution is 2.45. The average molecular weight is 356 g/mol. The van der Waals surface area contributed by atoms with E-state index < -0.39 is 11.0 Å². The van der Waals surface area contributed by atoms with Crippen molar-refractivity contribution in [1.82, 2.24) is 9.97 Å².